The number of allylic oxidation sites excluding steroid dienone is 4. The van der Waals surface area contributed by atoms with Crippen LogP contribution in [0.4, 0.5) is 5.69 Å². The van der Waals surface area contributed by atoms with Crippen molar-refractivity contribution in [3.63, 3.8) is 0 Å². The van der Waals surface area contributed by atoms with Crippen molar-refractivity contribution >= 4 is 92.6 Å². The van der Waals surface area contributed by atoms with Crippen LogP contribution in [0, 0.1) is 5.92 Å². The number of anilines is 1. The van der Waals surface area contributed by atoms with Crippen molar-refractivity contribution in [3.05, 3.63) is 174 Å². The second kappa shape index (κ2) is 17.1. The number of amides is 4. The Morgan fingerprint density at radius 2 is 1.04 bits per heavy atom. The fraction of sp³-hybridized carbons (Fsp3) is 0.127. The molecule has 8 aromatic carbocycles. The zero-order valence-corrected chi connectivity index (χ0v) is 40.1. The van der Waals surface area contributed by atoms with Gasteiger partial charge in [0, 0.05) is 49.1 Å². The van der Waals surface area contributed by atoms with Crippen molar-refractivity contribution in [2.75, 3.05) is 4.90 Å². The Labute approximate surface area is 407 Å². The topological polar surface area (TPSA) is 202 Å². The van der Waals surface area contributed by atoms with Crippen LogP contribution in [-0.2, 0) is 20.2 Å². The summed E-state index contributed by atoms with van der Waals surface area (Å²) in [6, 6.07) is 26.6. The third-order valence-corrected chi connectivity index (χ3v) is 14.4. The van der Waals surface area contributed by atoms with Gasteiger partial charge in [-0.1, -0.05) is 82.8 Å². The van der Waals surface area contributed by atoms with Crippen molar-refractivity contribution in [3.8, 4) is 23.0 Å². The van der Waals surface area contributed by atoms with E-state index in [9.17, 15) is 40.3 Å². The molecule has 0 saturated heterocycles. The molecule has 16 heteroatoms. The van der Waals surface area contributed by atoms with Gasteiger partial charge in [0.25, 0.3) is 43.9 Å². The summed E-state index contributed by atoms with van der Waals surface area (Å²) in [5.74, 6) is -1.91. The molecule has 0 atom stereocenters. The quantitative estimate of drug-likeness (QED) is 0.0364. The molecule has 2 N–H and O–H groups in total. The summed E-state index contributed by atoms with van der Waals surface area (Å²) in [6.45, 7) is 12.1. The first-order valence-corrected chi connectivity index (χ1v) is 25.3. The van der Waals surface area contributed by atoms with Crippen molar-refractivity contribution in [2.24, 2.45) is 5.92 Å². The van der Waals surface area contributed by atoms with E-state index in [4.69, 9.17) is 9.47 Å². The van der Waals surface area contributed by atoms with E-state index in [1.165, 1.54) is 36.4 Å². The predicted octanol–water partition coefficient (Wildman–Crippen LogP) is 12.0. The third-order valence-electron chi connectivity index (χ3n) is 12.7. The lowest BCUT2D eigenvalue weighted by molar-refractivity contribution is 0.0667. The minimum absolute atomic E-state index is 0.0526. The largest absolute Gasteiger partial charge is 0.457 e. The van der Waals surface area contributed by atoms with Crippen LogP contribution in [0.1, 0.15) is 87.0 Å². The van der Waals surface area contributed by atoms with Gasteiger partial charge < -0.3 is 9.47 Å². The highest BCUT2D eigenvalue weighted by Crippen LogP contribution is 2.53. The summed E-state index contributed by atoms with van der Waals surface area (Å²) in [6.07, 6.45) is 7.83. The number of fused-ring (bicyclic) bond motifs is 2. The minimum atomic E-state index is -4.58. The van der Waals surface area contributed by atoms with Crippen LogP contribution in [0.25, 0.3) is 43.1 Å². The Morgan fingerprint density at radius 1 is 0.577 bits per heavy atom. The third kappa shape index (κ3) is 7.81. The SMILES string of the molecule is C=C(/C=C\C=C/CC(C)C)N1C(=O)c2ccc3c4c(Oc5ccc(S(=O)(=O)O)cc5)cc5c6c(ccc(c7c(Oc8ccc(S(=O)(=O)O)cc8)cc(c2c37)C1=O)c64)C(=O)N(c1ccccc1C(C)C)C5=O. The number of nitrogens with zero attached hydrogens (tertiary/aromatic N) is 2. The standard InChI is InChI=1S/C55H42N2O12S2/c1-29(2)11-7-6-8-12-31(5)56-52(58)39-25-23-37-49-45(69-33-17-21-35(22-18-33)71(65,66)67)28-42-47-40(53(59)57(55(42)61)43-14-10-9-13-36(43)30(3)4)26-24-38(51(47)49)48-44(27-41(54(56)60)46(39)50(37)48)68-32-15-19-34(20-16-32)70(62,63)64/h6-10,12-30H,5,11H2,1-4H3,(H,62,63,64)(H,65,66,67)/b7-6-,12-8-. The number of carbonyl (C=O) groups excluding carboxylic acids is 4. The van der Waals surface area contributed by atoms with E-state index >= 15 is 4.79 Å². The Morgan fingerprint density at radius 3 is 1.54 bits per heavy atom. The summed E-state index contributed by atoms with van der Waals surface area (Å²) in [4.78, 5) is 60.8. The van der Waals surface area contributed by atoms with E-state index in [2.05, 4.69) is 20.4 Å². The van der Waals surface area contributed by atoms with E-state index in [0.29, 0.717) is 43.9 Å². The van der Waals surface area contributed by atoms with Gasteiger partial charge in [-0.3, -0.25) is 28.3 Å². The molecule has 0 saturated carbocycles. The van der Waals surface area contributed by atoms with Gasteiger partial charge in [-0.2, -0.15) is 16.8 Å². The van der Waals surface area contributed by atoms with E-state index in [0.717, 1.165) is 46.0 Å². The van der Waals surface area contributed by atoms with Crippen LogP contribution in [0.3, 0.4) is 0 Å². The van der Waals surface area contributed by atoms with Crippen molar-refractivity contribution in [1.82, 2.24) is 4.90 Å². The van der Waals surface area contributed by atoms with Gasteiger partial charge in [-0.25, -0.2) is 9.80 Å². The molecule has 0 spiro atoms. The average Bonchev–Trinajstić information content (AvgIpc) is 3.32. The van der Waals surface area contributed by atoms with Crippen LogP contribution in [0.5, 0.6) is 23.0 Å². The zero-order valence-electron chi connectivity index (χ0n) is 38.5. The molecule has 0 unspecified atom stereocenters. The van der Waals surface area contributed by atoms with Gasteiger partial charge in [0.05, 0.1) is 26.6 Å². The van der Waals surface area contributed by atoms with Crippen molar-refractivity contribution < 1.29 is 54.6 Å². The predicted molar refractivity (Wildman–Crippen MR) is 269 cm³/mol. The molecule has 2 heterocycles. The van der Waals surface area contributed by atoms with Crippen molar-refractivity contribution in [2.45, 2.75) is 49.8 Å². The molecule has 71 heavy (non-hydrogen) atoms. The molecule has 10 rings (SSSR count). The Kier molecular flexibility index (Phi) is 11.3. The number of carbonyl (C=O) groups is 4. The molecule has 356 valence electrons. The lowest BCUT2D eigenvalue weighted by Gasteiger charge is -2.32. The number of hydrogen-bond donors (Lipinski definition) is 2. The molecule has 0 radical (unpaired) electrons. The number of para-hydroxylation sites is 1. The number of ether oxygens (including phenoxy) is 2. The lowest BCUT2D eigenvalue weighted by atomic mass is 9.81. The fourth-order valence-corrected chi connectivity index (χ4v) is 10.5. The maximum atomic E-state index is 15.1. The molecule has 0 aliphatic carbocycles. The van der Waals surface area contributed by atoms with E-state index in [-0.39, 0.29) is 67.6 Å². The summed E-state index contributed by atoms with van der Waals surface area (Å²) in [5, 5.41) is 2.82. The highest BCUT2D eigenvalue weighted by atomic mass is 32.2. The molecule has 14 nitrogen and oxygen atoms in total. The number of hydrogen-bond acceptors (Lipinski definition) is 10. The number of imide groups is 2. The highest BCUT2D eigenvalue weighted by Gasteiger charge is 2.40. The molecular weight excluding hydrogens is 945 g/mol. The van der Waals surface area contributed by atoms with Crippen molar-refractivity contribution in [1.29, 1.82) is 0 Å². The fourth-order valence-electron chi connectivity index (χ4n) is 9.50. The summed E-state index contributed by atoms with van der Waals surface area (Å²) >= 11 is 0. The Balaban J connectivity index is 1.28. The average molecular weight is 987 g/mol. The first kappa shape index (κ1) is 46.7. The summed E-state index contributed by atoms with van der Waals surface area (Å²) in [7, 11) is -9.16. The van der Waals surface area contributed by atoms with Gasteiger partial charge in [-0.05, 0) is 120 Å². The normalized spacial score (nSPS) is 14.3. The second-order valence-corrected chi connectivity index (χ2v) is 20.9. The summed E-state index contributed by atoms with van der Waals surface area (Å²) in [5.41, 5.74) is 1.71. The zero-order chi connectivity index (χ0) is 50.4. The minimum Gasteiger partial charge on any atom is -0.457 e. The molecule has 0 bridgehead atoms. The van der Waals surface area contributed by atoms with Crippen LogP contribution in [-0.4, -0.2) is 54.5 Å². The van der Waals surface area contributed by atoms with Crippen LogP contribution in [0.15, 0.2) is 156 Å². The molecule has 2 aliphatic heterocycles. The molecule has 0 aromatic heterocycles. The Hall–Kier alpha value is -8.02. The first-order valence-electron chi connectivity index (χ1n) is 22.4. The number of rotatable bonds is 13. The lowest BCUT2D eigenvalue weighted by Crippen LogP contribution is -2.41. The van der Waals surface area contributed by atoms with Gasteiger partial charge in [0.2, 0.25) is 0 Å². The molecule has 0 fully saturated rings. The molecule has 2 aliphatic rings. The van der Waals surface area contributed by atoms with Gasteiger partial charge in [0.15, 0.2) is 0 Å². The van der Waals surface area contributed by atoms with Crippen LogP contribution < -0.4 is 14.4 Å². The van der Waals surface area contributed by atoms with Gasteiger partial charge in [-0.15, -0.1) is 0 Å². The molecular formula is C55H42N2O12S2. The maximum Gasteiger partial charge on any atom is 0.294 e. The monoisotopic (exact) mass is 986 g/mol. The second-order valence-electron chi connectivity index (χ2n) is 18.0. The van der Waals surface area contributed by atoms with E-state index < -0.39 is 53.7 Å². The van der Waals surface area contributed by atoms with Crippen LogP contribution >= 0.6 is 0 Å². The Bertz CT molecular complexity index is 3950. The van der Waals surface area contributed by atoms with E-state index in [1.54, 1.807) is 48.6 Å². The summed E-state index contributed by atoms with van der Waals surface area (Å²) < 4.78 is 80.8. The molecule has 8 aromatic rings. The van der Waals surface area contributed by atoms with Gasteiger partial charge in [0.1, 0.15) is 23.0 Å². The van der Waals surface area contributed by atoms with Gasteiger partial charge >= 0.3 is 0 Å². The maximum absolute atomic E-state index is 15.1. The smallest absolute Gasteiger partial charge is 0.294 e. The highest BCUT2D eigenvalue weighted by molar-refractivity contribution is 7.86. The first-order chi connectivity index (χ1) is 33.7. The molecule has 4 amide bonds. The van der Waals surface area contributed by atoms with Crippen LogP contribution in [0.2, 0.25) is 0 Å². The number of benzene rings is 8. The van der Waals surface area contributed by atoms with E-state index in [1.807, 2.05) is 38.1 Å².